The van der Waals surface area contributed by atoms with Crippen molar-refractivity contribution in [2.24, 2.45) is 0 Å². The molecule has 4 heteroatoms. The zero-order chi connectivity index (χ0) is 12.5. The highest BCUT2D eigenvalue weighted by molar-refractivity contribution is 5.97. The Kier molecular flexibility index (Phi) is 2.41. The Morgan fingerprint density at radius 1 is 1.11 bits per heavy atom. The lowest BCUT2D eigenvalue weighted by Gasteiger charge is -2.02. The molecule has 0 atom stereocenters. The number of aromatic hydroxyl groups is 1. The number of methoxy groups -OCH3 is 1. The first-order valence-corrected chi connectivity index (χ1v) is 5.60. The van der Waals surface area contributed by atoms with Gasteiger partial charge in [-0.25, -0.2) is 0 Å². The lowest BCUT2D eigenvalue weighted by molar-refractivity contribution is 0.415. The average molecular weight is 240 g/mol. The summed E-state index contributed by atoms with van der Waals surface area (Å²) in [5, 5.41) is 17.8. The van der Waals surface area contributed by atoms with E-state index in [0.717, 1.165) is 27.9 Å². The molecule has 2 N–H and O–H groups in total. The van der Waals surface area contributed by atoms with Gasteiger partial charge < -0.3 is 9.84 Å². The van der Waals surface area contributed by atoms with Crippen LogP contribution in [0.1, 0.15) is 0 Å². The normalized spacial score (nSPS) is 10.7. The van der Waals surface area contributed by atoms with E-state index in [0.29, 0.717) is 0 Å². The summed E-state index contributed by atoms with van der Waals surface area (Å²) in [7, 11) is 1.63. The molecular formula is C14H12N2O2. The third kappa shape index (κ3) is 1.59. The summed E-state index contributed by atoms with van der Waals surface area (Å²) in [4.78, 5) is 0. The van der Waals surface area contributed by atoms with Crippen LogP contribution in [0.25, 0.3) is 22.2 Å². The molecule has 2 aromatic carbocycles. The summed E-state index contributed by atoms with van der Waals surface area (Å²) in [5.74, 6) is 1.02. The van der Waals surface area contributed by atoms with Gasteiger partial charge in [0.2, 0.25) is 0 Å². The molecule has 4 nitrogen and oxygen atoms in total. The molecule has 1 heterocycles. The Labute approximate surface area is 104 Å². The molecule has 0 aliphatic heterocycles. The molecule has 0 amide bonds. The van der Waals surface area contributed by atoms with Crippen LogP contribution < -0.4 is 4.74 Å². The molecule has 0 radical (unpaired) electrons. The van der Waals surface area contributed by atoms with Crippen molar-refractivity contribution < 1.29 is 9.84 Å². The van der Waals surface area contributed by atoms with Crippen molar-refractivity contribution in [1.82, 2.24) is 10.2 Å². The number of rotatable bonds is 2. The Morgan fingerprint density at radius 2 is 1.89 bits per heavy atom. The minimum atomic E-state index is 0.229. The van der Waals surface area contributed by atoms with E-state index in [4.69, 9.17) is 4.74 Å². The van der Waals surface area contributed by atoms with Gasteiger partial charge in [-0.15, -0.1) is 0 Å². The summed E-state index contributed by atoms with van der Waals surface area (Å²) >= 11 is 0. The lowest BCUT2D eigenvalue weighted by Crippen LogP contribution is -1.83. The average Bonchev–Trinajstić information content (AvgIpc) is 2.84. The van der Waals surface area contributed by atoms with Crippen LogP contribution in [-0.2, 0) is 0 Å². The maximum atomic E-state index is 9.92. The summed E-state index contributed by atoms with van der Waals surface area (Å²) in [6, 6.07) is 12.9. The first kappa shape index (κ1) is 10.7. The second-order valence-corrected chi connectivity index (χ2v) is 4.00. The maximum absolute atomic E-state index is 9.92. The van der Waals surface area contributed by atoms with Crippen molar-refractivity contribution in [2.75, 3.05) is 7.11 Å². The molecule has 0 saturated carbocycles. The number of H-pyrrole nitrogens is 1. The molecule has 18 heavy (non-hydrogen) atoms. The molecule has 0 spiro atoms. The number of phenols is 1. The van der Waals surface area contributed by atoms with E-state index in [1.807, 2.05) is 30.3 Å². The van der Waals surface area contributed by atoms with Crippen LogP contribution in [0.3, 0.4) is 0 Å². The maximum Gasteiger partial charge on any atom is 0.127 e. The molecule has 3 rings (SSSR count). The first-order valence-electron chi connectivity index (χ1n) is 5.60. The highest BCUT2D eigenvalue weighted by Gasteiger charge is 2.11. The molecule has 0 aliphatic rings. The van der Waals surface area contributed by atoms with Crippen molar-refractivity contribution >= 4 is 10.9 Å². The Balaban J connectivity index is 2.18. The topological polar surface area (TPSA) is 58.1 Å². The predicted octanol–water partition coefficient (Wildman–Crippen LogP) is 2.94. The second kappa shape index (κ2) is 4.07. The van der Waals surface area contributed by atoms with E-state index in [9.17, 15) is 5.11 Å². The van der Waals surface area contributed by atoms with Crippen LogP contribution in [0.15, 0.2) is 42.5 Å². The fraction of sp³-hybridized carbons (Fsp3) is 0.0714. The third-order valence-electron chi connectivity index (χ3n) is 2.93. The minimum absolute atomic E-state index is 0.229. The van der Waals surface area contributed by atoms with Crippen LogP contribution in [0, 0.1) is 0 Å². The highest BCUT2D eigenvalue weighted by atomic mass is 16.5. The number of nitrogens with one attached hydrogen (secondary N) is 1. The summed E-state index contributed by atoms with van der Waals surface area (Å²) < 4.78 is 5.12. The first-order chi connectivity index (χ1) is 8.79. The molecule has 3 aromatic rings. The van der Waals surface area contributed by atoms with Gasteiger partial charge in [0.15, 0.2) is 0 Å². The van der Waals surface area contributed by atoms with E-state index in [1.54, 1.807) is 19.2 Å². The van der Waals surface area contributed by atoms with Crippen molar-refractivity contribution in [1.29, 1.82) is 0 Å². The zero-order valence-corrected chi connectivity index (χ0v) is 9.84. The molecule has 0 unspecified atom stereocenters. The lowest BCUT2D eigenvalue weighted by atomic mass is 10.1. The van der Waals surface area contributed by atoms with Crippen molar-refractivity contribution in [2.45, 2.75) is 0 Å². The summed E-state index contributed by atoms with van der Waals surface area (Å²) in [6.45, 7) is 0. The fourth-order valence-electron chi connectivity index (χ4n) is 2.01. The molecule has 0 aliphatic carbocycles. The van der Waals surface area contributed by atoms with E-state index < -0.39 is 0 Å². The molecule has 0 fully saturated rings. The number of hydrogen-bond donors (Lipinski definition) is 2. The van der Waals surface area contributed by atoms with E-state index in [2.05, 4.69) is 10.2 Å². The monoisotopic (exact) mass is 240 g/mol. The number of nitrogens with zero attached hydrogens (tertiary/aromatic N) is 1. The van der Waals surface area contributed by atoms with Gasteiger partial charge in [-0.2, -0.15) is 5.10 Å². The highest BCUT2D eigenvalue weighted by Crippen LogP contribution is 2.33. The van der Waals surface area contributed by atoms with Gasteiger partial charge in [-0.05, 0) is 36.4 Å². The fourth-order valence-corrected chi connectivity index (χ4v) is 2.01. The van der Waals surface area contributed by atoms with Crippen molar-refractivity contribution in [3.8, 4) is 22.8 Å². The smallest absolute Gasteiger partial charge is 0.127 e. The van der Waals surface area contributed by atoms with Gasteiger partial charge in [-0.1, -0.05) is 6.07 Å². The van der Waals surface area contributed by atoms with Crippen molar-refractivity contribution in [3.05, 3.63) is 42.5 Å². The number of aromatic amines is 1. The summed E-state index contributed by atoms with van der Waals surface area (Å²) in [6.07, 6.45) is 0. The van der Waals surface area contributed by atoms with Crippen LogP contribution in [0.5, 0.6) is 11.5 Å². The number of hydrogen-bond acceptors (Lipinski definition) is 3. The number of aromatic nitrogens is 2. The Morgan fingerprint density at radius 3 is 2.61 bits per heavy atom. The van der Waals surface area contributed by atoms with Crippen LogP contribution in [0.2, 0.25) is 0 Å². The number of benzene rings is 2. The number of phenolic OH excluding ortho intramolecular Hbond substituents is 1. The van der Waals surface area contributed by atoms with Gasteiger partial charge in [0.1, 0.15) is 17.2 Å². The molecule has 0 bridgehead atoms. The Bertz CT molecular complexity index is 687. The molecular weight excluding hydrogens is 228 g/mol. The quantitative estimate of drug-likeness (QED) is 0.724. The number of fused-ring (bicyclic) bond motifs is 1. The SMILES string of the molecule is COc1ccc(-c2n[nH]c3cccc(O)c23)cc1. The molecule has 0 saturated heterocycles. The largest absolute Gasteiger partial charge is 0.507 e. The van der Waals surface area contributed by atoms with E-state index in [-0.39, 0.29) is 5.75 Å². The van der Waals surface area contributed by atoms with Gasteiger partial charge in [0.05, 0.1) is 18.0 Å². The van der Waals surface area contributed by atoms with Gasteiger partial charge in [0, 0.05) is 5.56 Å². The standard InChI is InChI=1S/C14H12N2O2/c1-18-10-7-5-9(6-8-10)14-13-11(15-16-14)3-2-4-12(13)17/h2-8,17H,1H3,(H,15,16). The van der Waals surface area contributed by atoms with Gasteiger partial charge in [-0.3, -0.25) is 5.10 Å². The van der Waals surface area contributed by atoms with E-state index >= 15 is 0 Å². The van der Waals surface area contributed by atoms with Crippen LogP contribution in [0.4, 0.5) is 0 Å². The number of ether oxygens (including phenoxy) is 1. The zero-order valence-electron chi connectivity index (χ0n) is 9.84. The Hall–Kier alpha value is -2.49. The summed E-state index contributed by atoms with van der Waals surface area (Å²) in [5.41, 5.74) is 2.50. The predicted molar refractivity (Wildman–Crippen MR) is 69.7 cm³/mol. The molecule has 90 valence electrons. The van der Waals surface area contributed by atoms with Crippen molar-refractivity contribution in [3.63, 3.8) is 0 Å². The minimum Gasteiger partial charge on any atom is -0.507 e. The molecule has 1 aromatic heterocycles. The van der Waals surface area contributed by atoms with Gasteiger partial charge in [0.25, 0.3) is 0 Å². The third-order valence-corrected chi connectivity index (χ3v) is 2.93. The van der Waals surface area contributed by atoms with Crippen LogP contribution in [-0.4, -0.2) is 22.4 Å². The second-order valence-electron chi connectivity index (χ2n) is 4.00. The van der Waals surface area contributed by atoms with Crippen LogP contribution >= 0.6 is 0 Å². The van der Waals surface area contributed by atoms with Gasteiger partial charge >= 0.3 is 0 Å². The van der Waals surface area contributed by atoms with E-state index in [1.165, 1.54) is 0 Å².